The van der Waals surface area contributed by atoms with Gasteiger partial charge in [-0.3, -0.25) is 4.79 Å². The Bertz CT molecular complexity index is 402. The Labute approximate surface area is 103 Å². The van der Waals surface area contributed by atoms with E-state index in [2.05, 4.69) is 31.5 Å². The molecule has 0 radical (unpaired) electrons. The zero-order valence-electron chi connectivity index (χ0n) is 9.09. The molecule has 5 heteroatoms. The lowest BCUT2D eigenvalue weighted by Crippen LogP contribution is -2.24. The zero-order chi connectivity index (χ0) is 11.5. The van der Waals surface area contributed by atoms with Gasteiger partial charge in [-0.15, -0.1) is 0 Å². The van der Waals surface area contributed by atoms with Crippen molar-refractivity contribution in [2.45, 2.75) is 13.3 Å². The van der Waals surface area contributed by atoms with Crippen LogP contribution in [0.3, 0.4) is 0 Å². The average molecular weight is 284 g/mol. The molecule has 1 aliphatic rings. The maximum atomic E-state index is 11.8. The molecular formula is C11H14BrN3O. The second-order valence-electron chi connectivity index (χ2n) is 4.01. The Morgan fingerprint density at radius 1 is 1.69 bits per heavy atom. The molecule has 1 aliphatic heterocycles. The van der Waals surface area contributed by atoms with E-state index in [1.807, 2.05) is 13.0 Å². The van der Waals surface area contributed by atoms with Gasteiger partial charge in [0, 0.05) is 6.54 Å². The normalized spacial score (nSPS) is 19.8. The van der Waals surface area contributed by atoms with E-state index in [1.54, 1.807) is 6.20 Å². The molecule has 0 bridgehead atoms. The van der Waals surface area contributed by atoms with Crippen LogP contribution < -0.4 is 10.6 Å². The number of nitrogens with zero attached hydrogens (tertiary/aromatic N) is 1. The van der Waals surface area contributed by atoms with Gasteiger partial charge in [0.25, 0.3) is 0 Å². The highest BCUT2D eigenvalue weighted by Crippen LogP contribution is 2.18. The lowest BCUT2D eigenvalue weighted by atomic mass is 10.1. The summed E-state index contributed by atoms with van der Waals surface area (Å²) in [7, 11) is 0. The van der Waals surface area contributed by atoms with Crippen LogP contribution in [0.4, 0.5) is 5.69 Å². The third-order valence-electron chi connectivity index (χ3n) is 2.71. The molecule has 0 saturated carbocycles. The summed E-state index contributed by atoms with van der Waals surface area (Å²) in [5.74, 6) is 0.164. The maximum absolute atomic E-state index is 11.8. The monoisotopic (exact) mass is 283 g/mol. The molecule has 0 aliphatic carbocycles. The number of rotatable bonds is 2. The van der Waals surface area contributed by atoms with Crippen molar-refractivity contribution in [1.82, 2.24) is 10.3 Å². The molecule has 1 aromatic rings. The lowest BCUT2D eigenvalue weighted by molar-refractivity contribution is -0.119. The van der Waals surface area contributed by atoms with Gasteiger partial charge in [0.2, 0.25) is 5.91 Å². The molecule has 4 nitrogen and oxygen atoms in total. The van der Waals surface area contributed by atoms with E-state index >= 15 is 0 Å². The van der Waals surface area contributed by atoms with Crippen LogP contribution in [0, 0.1) is 12.8 Å². The Hall–Kier alpha value is -0.940. The molecular weight excluding hydrogens is 270 g/mol. The second kappa shape index (κ2) is 4.93. The number of aryl methyl sites for hydroxylation is 1. The maximum Gasteiger partial charge on any atom is 0.228 e. The minimum Gasteiger partial charge on any atom is -0.324 e. The van der Waals surface area contributed by atoms with Crippen LogP contribution in [-0.4, -0.2) is 24.0 Å². The molecule has 1 fully saturated rings. The summed E-state index contributed by atoms with van der Waals surface area (Å²) in [4.78, 5) is 16.0. The van der Waals surface area contributed by atoms with E-state index in [1.165, 1.54) is 0 Å². The van der Waals surface area contributed by atoms with Gasteiger partial charge in [-0.25, -0.2) is 4.98 Å². The van der Waals surface area contributed by atoms with Crippen LogP contribution in [-0.2, 0) is 4.79 Å². The fourth-order valence-corrected chi connectivity index (χ4v) is 1.97. The summed E-state index contributed by atoms with van der Waals surface area (Å²) in [6.07, 6.45) is 2.58. The summed E-state index contributed by atoms with van der Waals surface area (Å²) in [6, 6.07) is 1.91. The summed E-state index contributed by atoms with van der Waals surface area (Å²) < 4.78 is 0.813. The number of amides is 1. The number of aromatic nitrogens is 1. The van der Waals surface area contributed by atoms with Crippen LogP contribution in [0.2, 0.25) is 0 Å². The standard InChI is InChI=1S/C11H14BrN3O/c1-7-4-9(6-14-10(7)12)15-11(16)8-2-3-13-5-8/h4,6,8,13H,2-3,5H2,1H3,(H,15,16). The molecule has 16 heavy (non-hydrogen) atoms. The van der Waals surface area contributed by atoms with Crippen LogP contribution in [0.25, 0.3) is 0 Å². The predicted molar refractivity (Wildman–Crippen MR) is 66.3 cm³/mol. The van der Waals surface area contributed by atoms with Crippen molar-refractivity contribution in [2.24, 2.45) is 5.92 Å². The van der Waals surface area contributed by atoms with Gasteiger partial charge in [0.15, 0.2) is 0 Å². The third-order valence-corrected chi connectivity index (χ3v) is 3.54. The minimum absolute atomic E-state index is 0.0773. The highest BCUT2D eigenvalue weighted by molar-refractivity contribution is 9.10. The van der Waals surface area contributed by atoms with E-state index in [9.17, 15) is 4.79 Å². The molecule has 2 heterocycles. The predicted octanol–water partition coefficient (Wildman–Crippen LogP) is 1.70. The molecule has 0 spiro atoms. The Balaban J connectivity index is 2.02. The fraction of sp³-hybridized carbons (Fsp3) is 0.455. The molecule has 1 saturated heterocycles. The molecule has 1 atom stereocenters. The Morgan fingerprint density at radius 2 is 2.50 bits per heavy atom. The first kappa shape index (κ1) is 11.5. The van der Waals surface area contributed by atoms with Crippen molar-refractivity contribution in [3.8, 4) is 0 Å². The minimum atomic E-state index is 0.0773. The number of pyridine rings is 1. The second-order valence-corrected chi connectivity index (χ2v) is 4.76. The van der Waals surface area contributed by atoms with Crippen molar-refractivity contribution in [2.75, 3.05) is 18.4 Å². The SMILES string of the molecule is Cc1cc(NC(=O)C2CCNC2)cnc1Br. The van der Waals surface area contributed by atoms with Crippen LogP contribution in [0.15, 0.2) is 16.9 Å². The van der Waals surface area contributed by atoms with Crippen molar-refractivity contribution in [3.05, 3.63) is 22.4 Å². The van der Waals surface area contributed by atoms with Gasteiger partial charge in [-0.1, -0.05) is 0 Å². The average Bonchev–Trinajstić information content (AvgIpc) is 2.77. The highest BCUT2D eigenvalue weighted by Gasteiger charge is 2.22. The van der Waals surface area contributed by atoms with E-state index in [0.717, 1.165) is 35.4 Å². The van der Waals surface area contributed by atoms with Crippen LogP contribution >= 0.6 is 15.9 Å². The number of hydrogen-bond acceptors (Lipinski definition) is 3. The molecule has 2 N–H and O–H groups in total. The molecule has 86 valence electrons. The van der Waals surface area contributed by atoms with Crippen LogP contribution in [0.5, 0.6) is 0 Å². The quantitative estimate of drug-likeness (QED) is 0.813. The number of anilines is 1. The largest absolute Gasteiger partial charge is 0.324 e. The topological polar surface area (TPSA) is 54.0 Å². The number of halogens is 1. The van der Waals surface area contributed by atoms with E-state index in [-0.39, 0.29) is 11.8 Å². The molecule has 2 rings (SSSR count). The van der Waals surface area contributed by atoms with E-state index in [0.29, 0.717) is 0 Å². The molecule has 1 unspecified atom stereocenters. The fourth-order valence-electron chi connectivity index (χ4n) is 1.75. The van der Waals surface area contributed by atoms with E-state index < -0.39 is 0 Å². The van der Waals surface area contributed by atoms with Crippen molar-refractivity contribution >= 4 is 27.5 Å². The van der Waals surface area contributed by atoms with Crippen molar-refractivity contribution in [3.63, 3.8) is 0 Å². The summed E-state index contributed by atoms with van der Waals surface area (Å²) in [6.45, 7) is 3.65. The zero-order valence-corrected chi connectivity index (χ0v) is 10.7. The van der Waals surface area contributed by atoms with Gasteiger partial charge in [-0.2, -0.15) is 0 Å². The summed E-state index contributed by atoms with van der Waals surface area (Å²) >= 11 is 3.33. The molecule has 1 amide bonds. The summed E-state index contributed by atoms with van der Waals surface area (Å²) in [5, 5.41) is 6.07. The third kappa shape index (κ3) is 2.59. The van der Waals surface area contributed by atoms with Crippen LogP contribution in [0.1, 0.15) is 12.0 Å². The van der Waals surface area contributed by atoms with Gasteiger partial charge in [0.1, 0.15) is 4.60 Å². The Kier molecular flexibility index (Phi) is 3.56. The first-order valence-electron chi connectivity index (χ1n) is 5.30. The smallest absolute Gasteiger partial charge is 0.228 e. The van der Waals surface area contributed by atoms with Gasteiger partial charge in [-0.05, 0) is 47.4 Å². The Morgan fingerprint density at radius 3 is 3.12 bits per heavy atom. The number of nitrogens with one attached hydrogen (secondary N) is 2. The van der Waals surface area contributed by atoms with Gasteiger partial charge < -0.3 is 10.6 Å². The lowest BCUT2D eigenvalue weighted by Gasteiger charge is -2.10. The molecule has 1 aromatic heterocycles. The van der Waals surface area contributed by atoms with E-state index in [4.69, 9.17) is 0 Å². The molecule has 0 aromatic carbocycles. The first-order chi connectivity index (χ1) is 7.66. The van der Waals surface area contributed by atoms with Gasteiger partial charge in [0.05, 0.1) is 17.8 Å². The highest BCUT2D eigenvalue weighted by atomic mass is 79.9. The van der Waals surface area contributed by atoms with Crippen molar-refractivity contribution in [1.29, 1.82) is 0 Å². The summed E-state index contributed by atoms with van der Waals surface area (Å²) in [5.41, 5.74) is 1.78. The van der Waals surface area contributed by atoms with Crippen molar-refractivity contribution < 1.29 is 4.79 Å². The number of hydrogen-bond donors (Lipinski definition) is 2. The number of carbonyl (C=O) groups excluding carboxylic acids is 1. The first-order valence-corrected chi connectivity index (χ1v) is 6.10. The number of carbonyl (C=O) groups is 1. The van der Waals surface area contributed by atoms with Gasteiger partial charge >= 0.3 is 0 Å².